The van der Waals surface area contributed by atoms with Crippen LogP contribution in [0.4, 0.5) is 14.6 Å². The normalized spacial score (nSPS) is 15.1. The van der Waals surface area contributed by atoms with Crippen LogP contribution in [0.5, 0.6) is 0 Å². The van der Waals surface area contributed by atoms with Crippen LogP contribution in [-0.4, -0.2) is 59.6 Å². The molecule has 5 rings (SSSR count). The van der Waals surface area contributed by atoms with Crippen molar-refractivity contribution in [3.63, 3.8) is 0 Å². The highest BCUT2D eigenvalue weighted by Gasteiger charge is 2.31. The van der Waals surface area contributed by atoms with Crippen LogP contribution in [0.2, 0.25) is 0 Å². The molecule has 1 fully saturated rings. The number of aromatic nitrogens is 3. The monoisotopic (exact) mass is 580 g/mol. The molecule has 0 unspecified atom stereocenters. The van der Waals surface area contributed by atoms with Gasteiger partial charge in [0, 0.05) is 23.7 Å². The van der Waals surface area contributed by atoms with Gasteiger partial charge in [-0.05, 0) is 62.4 Å². The average Bonchev–Trinajstić information content (AvgIpc) is 2.94. The topological polar surface area (TPSA) is 134 Å². The summed E-state index contributed by atoms with van der Waals surface area (Å²) >= 11 is 0. The van der Waals surface area contributed by atoms with Crippen molar-refractivity contribution in [2.75, 3.05) is 18.0 Å². The number of anilines is 1. The molecule has 0 atom stereocenters. The summed E-state index contributed by atoms with van der Waals surface area (Å²) in [6.45, 7) is 4.71. The fourth-order valence-corrected chi connectivity index (χ4v) is 5.32. The first-order chi connectivity index (χ1) is 19.4. The molecule has 1 saturated heterocycles. The van der Waals surface area contributed by atoms with E-state index in [0.717, 1.165) is 17.5 Å². The lowest BCUT2D eigenvalue weighted by Gasteiger charge is -2.39. The lowest BCUT2D eigenvalue weighted by atomic mass is 10.0. The van der Waals surface area contributed by atoms with E-state index in [9.17, 15) is 26.8 Å². The molecule has 2 N–H and O–H groups in total. The Morgan fingerprint density at radius 2 is 1.83 bits per heavy atom. The molecule has 0 saturated carbocycles. The molecular weight excluding hydrogens is 554 g/mol. The molecule has 41 heavy (non-hydrogen) atoms. The summed E-state index contributed by atoms with van der Waals surface area (Å²) in [5.41, 5.74) is 1.86. The third-order valence-electron chi connectivity index (χ3n) is 6.44. The van der Waals surface area contributed by atoms with Gasteiger partial charge in [0.2, 0.25) is 15.7 Å². The van der Waals surface area contributed by atoms with Crippen LogP contribution >= 0.6 is 0 Å². The molecule has 0 bridgehead atoms. The van der Waals surface area contributed by atoms with E-state index in [2.05, 4.69) is 15.6 Å². The van der Waals surface area contributed by atoms with Gasteiger partial charge >= 0.3 is 5.76 Å². The number of hydrogen-bond acceptors (Lipinski definition) is 8. The Morgan fingerprint density at radius 3 is 2.59 bits per heavy atom. The number of rotatable bonds is 7. The van der Waals surface area contributed by atoms with Gasteiger partial charge in [0.05, 0.1) is 46.1 Å². The van der Waals surface area contributed by atoms with Crippen molar-refractivity contribution in [3.8, 4) is 11.4 Å². The summed E-state index contributed by atoms with van der Waals surface area (Å²) in [6, 6.07) is 15.4. The standard InChI is InChI=1S/C28H26F2N6O4S/c1-28(2)16-36(15-25(37)35-28)24-8-4-7-21(34-24)22-10-9-18-13-31-19(12-23(18)33-22)14-32-26(38)17-5-3-6-20(11-17)41(39,40)27(29)30/h3-13,27H,14-16H2,1-2H3,(H,32,38)(H,35,37). The van der Waals surface area contributed by atoms with Gasteiger partial charge in [0.25, 0.3) is 5.91 Å². The van der Waals surface area contributed by atoms with Crippen molar-refractivity contribution >= 4 is 38.4 Å². The minimum atomic E-state index is -4.83. The van der Waals surface area contributed by atoms with Crippen LogP contribution in [0.25, 0.3) is 22.3 Å². The Morgan fingerprint density at radius 1 is 1.07 bits per heavy atom. The summed E-state index contributed by atoms with van der Waals surface area (Å²) in [7, 11) is -4.83. The molecule has 4 heterocycles. The summed E-state index contributed by atoms with van der Waals surface area (Å²) < 4.78 is 49.3. The number of pyridine rings is 3. The number of nitrogens with one attached hydrogen (secondary N) is 2. The molecular formula is C28H26F2N6O4S. The zero-order valence-electron chi connectivity index (χ0n) is 22.1. The number of carbonyl (C=O) groups excluding carboxylic acids is 2. The average molecular weight is 581 g/mol. The maximum absolute atomic E-state index is 12.9. The number of fused-ring (bicyclic) bond motifs is 1. The Labute approximate surface area is 234 Å². The van der Waals surface area contributed by atoms with Crippen LogP contribution in [0.3, 0.4) is 0 Å². The molecule has 3 aromatic heterocycles. The number of piperazine rings is 1. The minimum absolute atomic E-state index is 0.00689. The number of amides is 2. The van der Waals surface area contributed by atoms with Crippen LogP contribution in [-0.2, 0) is 21.2 Å². The minimum Gasteiger partial charge on any atom is -0.348 e. The highest BCUT2D eigenvalue weighted by molar-refractivity contribution is 7.91. The van der Waals surface area contributed by atoms with E-state index < -0.39 is 26.4 Å². The van der Waals surface area contributed by atoms with Gasteiger partial charge in [-0.15, -0.1) is 0 Å². The molecule has 1 aliphatic heterocycles. The smallest absolute Gasteiger partial charge is 0.341 e. The second-order valence-corrected chi connectivity index (χ2v) is 12.2. The number of alkyl halides is 2. The number of nitrogens with zero attached hydrogens (tertiary/aromatic N) is 4. The van der Waals surface area contributed by atoms with Crippen LogP contribution in [0.15, 0.2) is 71.8 Å². The van der Waals surface area contributed by atoms with Gasteiger partial charge < -0.3 is 15.5 Å². The first-order valence-electron chi connectivity index (χ1n) is 12.6. The van der Waals surface area contributed by atoms with Crippen molar-refractivity contribution in [1.82, 2.24) is 25.6 Å². The van der Waals surface area contributed by atoms with Crippen molar-refractivity contribution in [1.29, 1.82) is 0 Å². The van der Waals surface area contributed by atoms with Gasteiger partial charge in [-0.1, -0.05) is 12.1 Å². The van der Waals surface area contributed by atoms with Gasteiger partial charge in [0.15, 0.2) is 0 Å². The molecule has 0 aliphatic carbocycles. The summed E-state index contributed by atoms with van der Waals surface area (Å²) in [5, 5.41) is 6.35. The molecule has 0 radical (unpaired) electrons. The Bertz CT molecular complexity index is 1760. The molecule has 1 aromatic carbocycles. The molecule has 10 nitrogen and oxygen atoms in total. The predicted octanol–water partition coefficient (Wildman–Crippen LogP) is 3.33. The number of carbonyl (C=O) groups is 2. The van der Waals surface area contributed by atoms with Gasteiger partial charge in [-0.2, -0.15) is 8.78 Å². The Hall–Kier alpha value is -4.52. The van der Waals surface area contributed by atoms with Crippen LogP contribution < -0.4 is 15.5 Å². The van der Waals surface area contributed by atoms with Crippen molar-refractivity contribution in [3.05, 3.63) is 78.1 Å². The number of hydrogen-bond donors (Lipinski definition) is 2. The molecule has 1 aliphatic rings. The van der Waals surface area contributed by atoms with E-state index >= 15 is 0 Å². The van der Waals surface area contributed by atoms with E-state index in [-0.39, 0.29) is 30.1 Å². The SMILES string of the molecule is CC1(C)CN(c2cccc(-c3ccc4cnc(CNC(=O)c5cccc(S(=O)(=O)C(F)F)c5)cc4n3)n2)CC(=O)N1. The van der Waals surface area contributed by atoms with Crippen molar-refractivity contribution < 1.29 is 26.8 Å². The summed E-state index contributed by atoms with van der Waals surface area (Å²) in [6.07, 6.45) is 1.61. The quantitative estimate of drug-likeness (QED) is 0.340. The Balaban J connectivity index is 1.34. The first kappa shape index (κ1) is 28.0. The fraction of sp³-hybridized carbons (Fsp3) is 0.250. The second kappa shape index (κ2) is 10.8. The second-order valence-electron chi connectivity index (χ2n) is 10.3. The molecule has 2 amide bonds. The zero-order valence-corrected chi connectivity index (χ0v) is 23.0. The van der Waals surface area contributed by atoms with Crippen molar-refractivity contribution in [2.45, 2.75) is 36.6 Å². The molecule has 212 valence electrons. The number of halogens is 2. The third kappa shape index (κ3) is 6.14. The highest BCUT2D eigenvalue weighted by atomic mass is 32.2. The number of sulfone groups is 1. The van der Waals surface area contributed by atoms with Crippen LogP contribution in [0, 0.1) is 0 Å². The lowest BCUT2D eigenvalue weighted by Crippen LogP contribution is -2.60. The predicted molar refractivity (Wildman–Crippen MR) is 148 cm³/mol. The third-order valence-corrected chi connectivity index (χ3v) is 7.82. The number of benzene rings is 1. The lowest BCUT2D eigenvalue weighted by molar-refractivity contribution is -0.122. The van der Waals surface area contributed by atoms with E-state index in [1.807, 2.05) is 49.1 Å². The zero-order chi connectivity index (χ0) is 29.4. The maximum Gasteiger partial charge on any atom is 0.341 e. The highest BCUT2D eigenvalue weighted by Crippen LogP contribution is 2.24. The van der Waals surface area contributed by atoms with E-state index in [0.29, 0.717) is 35.0 Å². The van der Waals surface area contributed by atoms with E-state index in [1.54, 1.807) is 12.3 Å². The van der Waals surface area contributed by atoms with Gasteiger partial charge in [0.1, 0.15) is 5.82 Å². The van der Waals surface area contributed by atoms with Crippen LogP contribution in [0.1, 0.15) is 29.9 Å². The summed E-state index contributed by atoms with van der Waals surface area (Å²) in [4.78, 5) is 39.9. The summed E-state index contributed by atoms with van der Waals surface area (Å²) in [5.74, 6) is -3.64. The molecule has 4 aromatic rings. The molecule has 13 heteroatoms. The van der Waals surface area contributed by atoms with E-state index in [4.69, 9.17) is 9.97 Å². The van der Waals surface area contributed by atoms with Crippen molar-refractivity contribution in [2.24, 2.45) is 0 Å². The van der Waals surface area contributed by atoms with Gasteiger partial charge in [-0.3, -0.25) is 14.6 Å². The largest absolute Gasteiger partial charge is 0.348 e. The van der Waals surface area contributed by atoms with E-state index in [1.165, 1.54) is 12.1 Å². The first-order valence-corrected chi connectivity index (χ1v) is 14.2. The fourth-order valence-electron chi connectivity index (χ4n) is 4.55. The maximum atomic E-state index is 12.9. The molecule has 0 spiro atoms. The Kier molecular flexibility index (Phi) is 7.39. The van der Waals surface area contributed by atoms with Gasteiger partial charge in [-0.25, -0.2) is 18.4 Å².